The molecule has 1 aromatic rings. The highest BCUT2D eigenvalue weighted by Crippen LogP contribution is 2.47. The Hall–Kier alpha value is -2.57. The maximum Gasteiger partial charge on any atom is 0.439 e. The minimum atomic E-state index is -6.58. The average Bonchev–Trinajstić information content (AvgIpc) is 2.43. The van der Waals surface area contributed by atoms with Crippen LogP contribution in [0, 0.1) is 6.57 Å². The number of nitrogens with zero attached hydrogens (tertiary/aromatic N) is 1. The summed E-state index contributed by atoms with van der Waals surface area (Å²) in [5.41, 5.74) is -6.61. The van der Waals surface area contributed by atoms with E-state index < -0.39 is 41.2 Å². The zero-order valence-corrected chi connectivity index (χ0v) is 10.8. The van der Waals surface area contributed by atoms with E-state index in [1.807, 2.05) is 0 Å². The van der Waals surface area contributed by atoms with E-state index >= 15 is 0 Å². The Kier molecular flexibility index (Phi) is 4.74. The first-order valence-corrected chi connectivity index (χ1v) is 5.58. The highest BCUT2D eigenvalue weighted by molar-refractivity contribution is 6.02. The van der Waals surface area contributed by atoms with Crippen molar-refractivity contribution in [2.45, 2.75) is 18.0 Å². The predicted molar refractivity (Wildman–Crippen MR) is 61.6 cm³/mol. The summed E-state index contributed by atoms with van der Waals surface area (Å²) in [6.07, 6.45) is -13.8. The van der Waals surface area contributed by atoms with Gasteiger partial charge in [-0.1, -0.05) is 30.0 Å². The van der Waals surface area contributed by atoms with Gasteiger partial charge in [0, 0.05) is 0 Å². The maximum absolute atomic E-state index is 13.4. The summed E-state index contributed by atoms with van der Waals surface area (Å²) in [6.45, 7) is 6.63. The monoisotopic (exact) mass is 340 g/mol. The Morgan fingerprint density at radius 1 is 1.00 bits per heavy atom. The summed E-state index contributed by atoms with van der Waals surface area (Å²) in [7, 11) is 0. The molecule has 0 N–H and O–H groups in total. The van der Waals surface area contributed by atoms with Crippen molar-refractivity contribution >= 4 is 17.2 Å². The zero-order chi connectivity index (χ0) is 18.1. The molecule has 1 aromatic carbocycles. The first kappa shape index (κ1) is 18.5. The standard InChI is InChI=1S/C13H6F7NO2/c1-21-8-4-2-7(3-5-8)9(22)6-10(23)11(14,12(15,16)17)13(18,19)20/h2-6,22H/p-1/b9-6-. The minimum absolute atomic E-state index is 0.0401. The van der Waals surface area contributed by atoms with Gasteiger partial charge in [-0.2, -0.15) is 26.3 Å². The molecule has 0 atom stereocenters. The third-order valence-corrected chi connectivity index (χ3v) is 2.66. The van der Waals surface area contributed by atoms with Crippen molar-refractivity contribution in [1.82, 2.24) is 0 Å². The second-order valence-corrected chi connectivity index (χ2v) is 4.19. The number of carbonyl (C=O) groups excluding carboxylic acids is 1. The molecule has 0 aliphatic carbocycles. The molecule has 23 heavy (non-hydrogen) atoms. The largest absolute Gasteiger partial charge is 0.872 e. The maximum atomic E-state index is 13.4. The van der Waals surface area contributed by atoms with Gasteiger partial charge in [0.25, 0.3) is 0 Å². The smallest absolute Gasteiger partial charge is 0.439 e. The van der Waals surface area contributed by atoms with Gasteiger partial charge in [0.2, 0.25) is 5.78 Å². The molecule has 0 amide bonds. The lowest BCUT2D eigenvalue weighted by Crippen LogP contribution is -2.58. The lowest BCUT2D eigenvalue weighted by atomic mass is 9.97. The van der Waals surface area contributed by atoms with Crippen LogP contribution in [0.1, 0.15) is 5.56 Å². The number of hydrogen-bond acceptors (Lipinski definition) is 2. The third-order valence-electron chi connectivity index (χ3n) is 2.66. The van der Waals surface area contributed by atoms with Crippen LogP contribution < -0.4 is 5.11 Å². The lowest BCUT2D eigenvalue weighted by Gasteiger charge is -2.28. The van der Waals surface area contributed by atoms with Crippen LogP contribution in [0.3, 0.4) is 0 Å². The van der Waals surface area contributed by atoms with Crippen molar-refractivity contribution in [3.8, 4) is 0 Å². The molecule has 0 heterocycles. The van der Waals surface area contributed by atoms with E-state index in [0.717, 1.165) is 24.3 Å². The average molecular weight is 340 g/mol. The summed E-state index contributed by atoms with van der Waals surface area (Å²) in [6, 6.07) is 3.91. The number of ketones is 1. The van der Waals surface area contributed by atoms with Gasteiger partial charge >= 0.3 is 18.0 Å². The van der Waals surface area contributed by atoms with Crippen LogP contribution in [0.15, 0.2) is 30.3 Å². The van der Waals surface area contributed by atoms with E-state index in [2.05, 4.69) is 4.85 Å². The number of alkyl halides is 7. The first-order chi connectivity index (χ1) is 10.3. The Morgan fingerprint density at radius 3 is 1.78 bits per heavy atom. The molecular formula is C13H5F7NO2-. The highest BCUT2D eigenvalue weighted by atomic mass is 19.4. The van der Waals surface area contributed by atoms with Crippen molar-refractivity contribution in [3.05, 3.63) is 47.3 Å². The van der Waals surface area contributed by atoms with Gasteiger partial charge in [-0.3, -0.25) is 4.79 Å². The second-order valence-electron chi connectivity index (χ2n) is 4.19. The topological polar surface area (TPSA) is 44.5 Å². The van der Waals surface area contributed by atoms with Crippen LogP contribution in [0.5, 0.6) is 0 Å². The van der Waals surface area contributed by atoms with Crippen molar-refractivity contribution in [2.75, 3.05) is 0 Å². The predicted octanol–water partition coefficient (Wildman–Crippen LogP) is 3.34. The van der Waals surface area contributed by atoms with Crippen LogP contribution >= 0.6 is 0 Å². The van der Waals surface area contributed by atoms with Crippen molar-refractivity contribution in [2.24, 2.45) is 0 Å². The summed E-state index contributed by atoms with van der Waals surface area (Å²) < 4.78 is 87.3. The molecule has 0 saturated carbocycles. The van der Waals surface area contributed by atoms with E-state index in [1.165, 1.54) is 0 Å². The molecule has 0 spiro atoms. The van der Waals surface area contributed by atoms with Gasteiger partial charge in [-0.15, -0.1) is 0 Å². The van der Waals surface area contributed by atoms with E-state index in [0.29, 0.717) is 0 Å². The van der Waals surface area contributed by atoms with Crippen LogP contribution in [-0.2, 0) is 4.79 Å². The Morgan fingerprint density at radius 2 is 1.43 bits per heavy atom. The SMILES string of the molecule is [C-]#[N+]c1ccc(/C([O-])=C/C(=O)C(F)(C(F)(F)F)C(F)(F)F)cc1. The molecule has 0 unspecified atom stereocenters. The number of rotatable bonds is 3. The van der Waals surface area contributed by atoms with Crippen LogP contribution in [-0.4, -0.2) is 23.8 Å². The van der Waals surface area contributed by atoms with Gasteiger partial charge in [0.15, 0.2) is 5.69 Å². The summed E-state index contributed by atoms with van der Waals surface area (Å²) in [5, 5.41) is 11.5. The van der Waals surface area contributed by atoms with E-state index in [9.17, 15) is 40.6 Å². The van der Waals surface area contributed by atoms with E-state index in [-0.39, 0.29) is 5.69 Å². The molecule has 1 rings (SSSR count). The van der Waals surface area contributed by atoms with Gasteiger partial charge in [-0.25, -0.2) is 9.24 Å². The molecule has 0 bridgehead atoms. The van der Waals surface area contributed by atoms with E-state index in [4.69, 9.17) is 6.57 Å². The number of carbonyl (C=O) groups is 1. The van der Waals surface area contributed by atoms with Crippen LogP contribution in [0.25, 0.3) is 10.6 Å². The fourth-order valence-electron chi connectivity index (χ4n) is 1.44. The third kappa shape index (κ3) is 3.44. The van der Waals surface area contributed by atoms with E-state index in [1.54, 1.807) is 0 Å². The number of hydrogen-bond donors (Lipinski definition) is 0. The van der Waals surface area contributed by atoms with Crippen LogP contribution in [0.2, 0.25) is 0 Å². The second kappa shape index (κ2) is 5.91. The zero-order valence-electron chi connectivity index (χ0n) is 10.8. The molecule has 0 aliphatic heterocycles. The van der Waals surface area contributed by atoms with Crippen molar-refractivity contribution in [3.63, 3.8) is 0 Å². The number of halogens is 7. The van der Waals surface area contributed by atoms with Gasteiger partial charge in [-0.05, 0) is 11.6 Å². The fraction of sp³-hybridized carbons (Fsp3) is 0.231. The molecule has 0 aliphatic rings. The lowest BCUT2D eigenvalue weighted by molar-refractivity contribution is -0.323. The quantitative estimate of drug-likeness (QED) is 0.367. The first-order valence-electron chi connectivity index (χ1n) is 5.58. The summed E-state index contributed by atoms with van der Waals surface area (Å²) in [4.78, 5) is 14.1. The molecule has 0 fully saturated rings. The van der Waals surface area contributed by atoms with Gasteiger partial charge in [0.05, 0.1) is 6.57 Å². The molecule has 0 aromatic heterocycles. The normalized spacial score (nSPS) is 13.6. The van der Waals surface area contributed by atoms with Crippen molar-refractivity contribution in [1.29, 1.82) is 0 Å². The van der Waals surface area contributed by atoms with Crippen LogP contribution in [0.4, 0.5) is 36.4 Å². The number of allylic oxidation sites excluding steroid dienone is 1. The van der Waals surface area contributed by atoms with Gasteiger partial charge < -0.3 is 5.11 Å². The molecule has 0 saturated heterocycles. The molecule has 124 valence electrons. The Labute approximate surface area is 124 Å². The molecule has 3 nitrogen and oxygen atoms in total. The van der Waals surface area contributed by atoms with Crippen molar-refractivity contribution < 1.29 is 40.6 Å². The molecule has 10 heteroatoms. The highest BCUT2D eigenvalue weighted by Gasteiger charge is 2.76. The molecule has 0 radical (unpaired) electrons. The summed E-state index contributed by atoms with van der Waals surface area (Å²) in [5.74, 6) is -4.63. The number of benzene rings is 1. The molecular weight excluding hydrogens is 335 g/mol. The fourth-order valence-corrected chi connectivity index (χ4v) is 1.44. The Bertz CT molecular complexity index is 652. The Balaban J connectivity index is 3.27. The minimum Gasteiger partial charge on any atom is -0.872 e. The van der Waals surface area contributed by atoms with Gasteiger partial charge in [0.1, 0.15) is 0 Å². The summed E-state index contributed by atoms with van der Waals surface area (Å²) >= 11 is 0.